The van der Waals surface area contributed by atoms with Gasteiger partial charge in [0.1, 0.15) is 25.7 Å². The minimum atomic E-state index is -0.191. The Morgan fingerprint density at radius 1 is 0.703 bits per heavy atom. The predicted molar refractivity (Wildman–Crippen MR) is 234 cm³/mol. The molecule has 2 saturated carbocycles. The lowest BCUT2D eigenvalue weighted by atomic mass is 10.2. The van der Waals surface area contributed by atoms with Crippen LogP contribution in [0.5, 0.6) is 0 Å². The SMILES string of the molecule is Cl.Cn1cnc2ncn(Cc3nc(C4[C@H]5CN(c6cccc(C#N)c6)C[C@@H]45)no3)c(=O)c21.Cn1cnc2ncn(Cc3nc(C4[C@H]5CNC[C@@H]45)no3)c(=O)c21.N#Cc1cccc(Br)c1. The van der Waals surface area contributed by atoms with Gasteiger partial charge >= 0.3 is 0 Å². The highest BCUT2D eigenvalue weighted by Crippen LogP contribution is 2.58. The molecule has 2 unspecified atom stereocenters. The number of benzene rings is 2. The molecule has 1 N–H and O–H groups in total. The smallest absolute Gasteiger partial charge is 0.280 e. The highest BCUT2D eigenvalue weighted by atomic mass is 79.9. The Morgan fingerprint density at radius 3 is 1.69 bits per heavy atom. The lowest BCUT2D eigenvalue weighted by molar-refractivity contribution is 0.363. The van der Waals surface area contributed by atoms with Crippen LogP contribution in [0.2, 0.25) is 0 Å². The summed E-state index contributed by atoms with van der Waals surface area (Å²) in [5.74, 6) is 5.21. The molecule has 4 aliphatic rings. The van der Waals surface area contributed by atoms with Gasteiger partial charge in [0.2, 0.25) is 11.8 Å². The molecule has 2 aromatic carbocycles. The third-order valence-corrected chi connectivity index (χ3v) is 12.6. The maximum absolute atomic E-state index is 12.7. The maximum Gasteiger partial charge on any atom is 0.280 e. The summed E-state index contributed by atoms with van der Waals surface area (Å²) < 4.78 is 18.0. The highest BCUT2D eigenvalue weighted by Gasteiger charge is 2.58. The van der Waals surface area contributed by atoms with E-state index in [0.717, 1.165) is 42.2 Å². The van der Waals surface area contributed by atoms with Crippen molar-refractivity contribution in [3.05, 3.63) is 134 Å². The average Bonchev–Trinajstić information content (AvgIpc) is 3.86. The van der Waals surface area contributed by atoms with Crippen LogP contribution in [0.3, 0.4) is 0 Å². The number of halogens is 2. The van der Waals surface area contributed by atoms with E-state index in [9.17, 15) is 9.59 Å². The van der Waals surface area contributed by atoms with Crippen LogP contribution in [0.15, 0.2) is 96.9 Å². The Morgan fingerprint density at radius 2 is 1.19 bits per heavy atom. The van der Waals surface area contributed by atoms with Crippen LogP contribution in [0, 0.1) is 46.3 Å². The molecule has 64 heavy (non-hydrogen) atoms. The normalized spacial score (nSPS) is 21.1. The first kappa shape index (κ1) is 42.2. The Labute approximate surface area is 377 Å². The molecule has 0 spiro atoms. The quantitative estimate of drug-likeness (QED) is 0.240. The van der Waals surface area contributed by atoms with Crippen LogP contribution < -0.4 is 21.3 Å². The summed E-state index contributed by atoms with van der Waals surface area (Å²) in [5.41, 5.74) is 3.86. The van der Waals surface area contributed by atoms with Gasteiger partial charge in [-0.15, -0.1) is 12.4 Å². The van der Waals surface area contributed by atoms with E-state index >= 15 is 0 Å². The van der Waals surface area contributed by atoms with E-state index in [4.69, 9.17) is 19.6 Å². The van der Waals surface area contributed by atoms with Gasteiger partial charge in [0.05, 0.1) is 35.9 Å². The van der Waals surface area contributed by atoms with E-state index in [1.165, 1.54) is 21.8 Å². The Kier molecular flexibility index (Phi) is 11.4. The van der Waals surface area contributed by atoms with Crippen molar-refractivity contribution >= 4 is 56.4 Å². The van der Waals surface area contributed by atoms with Gasteiger partial charge in [-0.3, -0.25) is 18.7 Å². The van der Waals surface area contributed by atoms with Crippen LogP contribution in [-0.4, -0.2) is 84.7 Å². The summed E-state index contributed by atoms with van der Waals surface area (Å²) in [4.78, 5) is 53.1. The minimum absolute atomic E-state index is 0. The molecule has 324 valence electrons. The third kappa shape index (κ3) is 8.04. The predicted octanol–water partition coefficient (Wildman–Crippen LogP) is 3.52. The number of rotatable bonds is 7. The summed E-state index contributed by atoms with van der Waals surface area (Å²) in [7, 11) is 3.53. The van der Waals surface area contributed by atoms with Gasteiger partial charge in [-0.05, 0) is 73.2 Å². The number of anilines is 1. The lowest BCUT2D eigenvalue weighted by Gasteiger charge is -2.21. The van der Waals surface area contributed by atoms with Gasteiger partial charge in [0.25, 0.3) is 11.1 Å². The Balaban J connectivity index is 0.000000138. The Bertz CT molecular complexity index is 3210. The molecule has 0 amide bonds. The van der Waals surface area contributed by atoms with Gasteiger partial charge in [-0.2, -0.15) is 20.5 Å². The Hall–Kier alpha value is -7.07. The monoisotopic (exact) mass is 944 g/mol. The first-order valence-corrected chi connectivity index (χ1v) is 21.0. The number of nitrogens with one attached hydrogen (secondary N) is 1. The van der Waals surface area contributed by atoms with E-state index in [1.54, 1.807) is 48.0 Å². The molecule has 0 bridgehead atoms. The fraction of sp³-hybridized carbons (Fsp3) is 0.333. The van der Waals surface area contributed by atoms with E-state index < -0.39 is 0 Å². The molecule has 2 saturated heterocycles. The summed E-state index contributed by atoms with van der Waals surface area (Å²) in [6.45, 7) is 4.28. The summed E-state index contributed by atoms with van der Waals surface area (Å²) in [5, 5.41) is 29.1. The number of piperidine rings is 2. The van der Waals surface area contributed by atoms with Crippen molar-refractivity contribution in [3.8, 4) is 12.1 Å². The number of aromatic nitrogens is 12. The van der Waals surface area contributed by atoms with Crippen molar-refractivity contribution < 1.29 is 9.05 Å². The molecule has 6 atom stereocenters. The fourth-order valence-corrected chi connectivity index (χ4v) is 9.25. The molecule has 2 aliphatic heterocycles. The molecule has 12 rings (SSSR count). The zero-order valence-corrected chi connectivity index (χ0v) is 36.7. The molecule has 4 fully saturated rings. The van der Waals surface area contributed by atoms with Crippen LogP contribution in [0.1, 0.15) is 46.4 Å². The van der Waals surface area contributed by atoms with Crippen molar-refractivity contribution in [3.63, 3.8) is 0 Å². The molecular formula is C42H38BrClN16O4. The fourth-order valence-electron chi connectivity index (χ4n) is 8.85. The first-order chi connectivity index (χ1) is 30.7. The topological polar surface area (TPSA) is 246 Å². The number of nitriles is 2. The number of hydrogen-bond acceptors (Lipinski definition) is 16. The van der Waals surface area contributed by atoms with Gasteiger partial charge in [-0.1, -0.05) is 38.4 Å². The van der Waals surface area contributed by atoms with E-state index in [-0.39, 0.29) is 42.5 Å². The van der Waals surface area contributed by atoms with Gasteiger partial charge < -0.3 is 28.4 Å². The number of nitrogens with zero attached hydrogens (tertiary/aromatic N) is 15. The number of fused-ring (bicyclic) bond motifs is 4. The highest BCUT2D eigenvalue weighted by molar-refractivity contribution is 9.10. The van der Waals surface area contributed by atoms with E-state index in [0.29, 0.717) is 80.7 Å². The second-order valence-corrected chi connectivity index (χ2v) is 17.0. The molecule has 6 aromatic heterocycles. The van der Waals surface area contributed by atoms with Crippen LogP contribution in [0.4, 0.5) is 5.69 Å². The van der Waals surface area contributed by atoms with Gasteiger partial charge in [0.15, 0.2) is 34.0 Å². The average molecular weight is 946 g/mol. The maximum atomic E-state index is 12.7. The molecule has 8 aromatic rings. The van der Waals surface area contributed by atoms with Crippen molar-refractivity contribution in [2.24, 2.45) is 37.8 Å². The standard InChI is InChI=1S/C21H18N8O2.C14H15N7O2.C7H4BrN.ClH/c1-27-10-23-20-18(27)21(30)29(11-24-20)9-16-25-19(26-31-16)17-14-7-28(8-15(14)17)13-4-2-3-12(5-13)6-22;1-20-5-16-13-11(20)14(22)21(6-17-13)4-9-18-12(19-23-9)10-7-2-15-3-8(7)10;8-7-3-1-2-6(4-7)5-9;/h2-5,10-11,14-15,17H,7-9H2,1H3;5-8,10,15H,2-4H2,1H3;1-4H;1H/t14-,15+,17?;7-,8+,10?;;. The summed E-state index contributed by atoms with van der Waals surface area (Å²) in [6, 6.07) is 19.2. The van der Waals surface area contributed by atoms with Gasteiger partial charge in [-0.25, -0.2) is 19.9 Å². The van der Waals surface area contributed by atoms with Crippen LogP contribution in [-0.2, 0) is 27.2 Å². The van der Waals surface area contributed by atoms with Crippen molar-refractivity contribution in [2.45, 2.75) is 24.9 Å². The van der Waals surface area contributed by atoms with E-state index in [2.05, 4.69) is 72.4 Å². The minimum Gasteiger partial charge on any atom is -0.371 e. The van der Waals surface area contributed by atoms with E-state index in [1.807, 2.05) is 42.5 Å². The molecule has 0 radical (unpaired) electrons. The van der Waals surface area contributed by atoms with Gasteiger partial charge in [0, 0.05) is 49.2 Å². The third-order valence-electron chi connectivity index (χ3n) is 12.2. The number of hydrogen-bond donors (Lipinski definition) is 1. The van der Waals surface area contributed by atoms with Crippen molar-refractivity contribution in [1.82, 2.24) is 63.8 Å². The zero-order valence-electron chi connectivity index (χ0n) is 34.3. The molecule has 20 nitrogen and oxygen atoms in total. The number of imidazole rings is 2. The van der Waals surface area contributed by atoms with Crippen molar-refractivity contribution in [2.75, 3.05) is 31.1 Å². The molecular weight excluding hydrogens is 908 g/mol. The lowest BCUT2D eigenvalue weighted by Crippen LogP contribution is -2.24. The van der Waals surface area contributed by atoms with Crippen LogP contribution in [0.25, 0.3) is 22.3 Å². The zero-order chi connectivity index (χ0) is 43.4. The molecule has 8 heterocycles. The van der Waals surface area contributed by atoms with Crippen molar-refractivity contribution in [1.29, 1.82) is 10.5 Å². The molecule has 2 aliphatic carbocycles. The van der Waals surface area contributed by atoms with Crippen LogP contribution >= 0.6 is 28.3 Å². The number of aryl methyl sites for hydroxylation is 2. The summed E-state index contributed by atoms with van der Waals surface area (Å²) >= 11 is 3.25. The molecule has 22 heteroatoms. The summed E-state index contributed by atoms with van der Waals surface area (Å²) in [6.07, 6.45) is 6.08. The largest absolute Gasteiger partial charge is 0.371 e. The first-order valence-electron chi connectivity index (χ1n) is 20.2. The second-order valence-electron chi connectivity index (χ2n) is 16.1. The second kappa shape index (κ2) is 17.2.